The lowest BCUT2D eigenvalue weighted by Crippen LogP contribution is -2.21. The van der Waals surface area contributed by atoms with E-state index in [4.69, 9.17) is 9.47 Å². The van der Waals surface area contributed by atoms with E-state index in [0.717, 1.165) is 23.4 Å². The summed E-state index contributed by atoms with van der Waals surface area (Å²) in [6.45, 7) is 0.151. The number of hydrogen-bond acceptors (Lipinski definition) is 7. The van der Waals surface area contributed by atoms with Gasteiger partial charge in [0.2, 0.25) is 5.91 Å². The number of nitrogens with zero attached hydrogens (tertiary/aromatic N) is 4. The summed E-state index contributed by atoms with van der Waals surface area (Å²) in [7, 11) is 6.20. The maximum Gasteiger partial charge on any atom is 0.433 e. The fourth-order valence-corrected chi connectivity index (χ4v) is 4.00. The van der Waals surface area contributed by atoms with E-state index in [0.29, 0.717) is 17.1 Å². The van der Waals surface area contributed by atoms with Crippen molar-refractivity contribution in [2.45, 2.75) is 24.3 Å². The van der Waals surface area contributed by atoms with Crippen molar-refractivity contribution in [3.05, 3.63) is 64.2 Å². The number of pyridine rings is 1. The number of rotatable bonds is 9. The quantitative estimate of drug-likeness (QED) is 0.311. The summed E-state index contributed by atoms with van der Waals surface area (Å²) in [5, 5.41) is -0.107. The zero-order valence-electron chi connectivity index (χ0n) is 20.1. The molecule has 0 aliphatic rings. The summed E-state index contributed by atoms with van der Waals surface area (Å²) in [6.07, 6.45) is -3.12. The molecule has 0 saturated heterocycles. The zero-order valence-corrected chi connectivity index (χ0v) is 20.9. The minimum Gasteiger partial charge on any atom is -0.493 e. The van der Waals surface area contributed by atoms with E-state index in [9.17, 15) is 22.8 Å². The summed E-state index contributed by atoms with van der Waals surface area (Å²) in [4.78, 5) is 33.6. The number of benzene rings is 1. The Labute approximate surface area is 210 Å². The highest BCUT2D eigenvalue weighted by molar-refractivity contribution is 7.99. The van der Waals surface area contributed by atoms with E-state index >= 15 is 0 Å². The SMILES string of the molecule is COc1ccc(Cn2cc(-c3cc(C(F)(F)F)nc(SCCC(=O)N(C)C)n3)ccc2=O)cc1OC. The van der Waals surface area contributed by atoms with Gasteiger partial charge in [-0.15, -0.1) is 0 Å². The van der Waals surface area contributed by atoms with E-state index < -0.39 is 11.9 Å². The molecule has 0 unspecified atom stereocenters. The van der Waals surface area contributed by atoms with Crippen molar-refractivity contribution in [3.63, 3.8) is 0 Å². The fourth-order valence-electron chi connectivity index (χ4n) is 3.22. The van der Waals surface area contributed by atoms with Gasteiger partial charge in [-0.3, -0.25) is 9.59 Å². The molecule has 0 fully saturated rings. The number of hydrogen-bond donors (Lipinski definition) is 0. The molecule has 36 heavy (non-hydrogen) atoms. The van der Waals surface area contributed by atoms with Crippen LogP contribution in [0.3, 0.4) is 0 Å². The Morgan fingerprint density at radius 3 is 2.42 bits per heavy atom. The lowest BCUT2D eigenvalue weighted by atomic mass is 10.1. The first-order valence-electron chi connectivity index (χ1n) is 10.7. The first kappa shape index (κ1) is 27.1. The molecule has 8 nitrogen and oxygen atoms in total. The standard InChI is InChI=1S/C24H25F3N4O4S/c1-30(2)21(32)9-10-36-23-28-17(12-20(29-23)24(25,26)27)16-6-8-22(33)31(14-16)13-15-5-7-18(34-3)19(11-15)35-4/h5-8,11-12,14H,9-10,13H2,1-4H3. The van der Waals surface area contributed by atoms with Crippen molar-refractivity contribution in [1.29, 1.82) is 0 Å². The summed E-state index contributed by atoms with van der Waals surface area (Å²) in [5.74, 6) is 1.08. The molecule has 12 heteroatoms. The molecule has 0 atom stereocenters. The van der Waals surface area contributed by atoms with Crippen LogP contribution in [0.1, 0.15) is 17.7 Å². The molecule has 2 aromatic heterocycles. The second-order valence-electron chi connectivity index (χ2n) is 7.88. The van der Waals surface area contributed by atoms with Crippen LogP contribution < -0.4 is 15.0 Å². The minimum atomic E-state index is -4.69. The van der Waals surface area contributed by atoms with Gasteiger partial charge >= 0.3 is 6.18 Å². The summed E-state index contributed by atoms with van der Waals surface area (Å²) in [6, 6.07) is 8.71. The van der Waals surface area contributed by atoms with Crippen LogP contribution in [0.5, 0.6) is 11.5 Å². The van der Waals surface area contributed by atoms with Crippen LogP contribution in [-0.2, 0) is 17.5 Å². The number of aromatic nitrogens is 3. The summed E-state index contributed by atoms with van der Waals surface area (Å²) >= 11 is 0.959. The molecular weight excluding hydrogens is 497 g/mol. The molecule has 0 saturated carbocycles. The molecule has 3 aromatic rings. The Hall–Kier alpha value is -3.54. The van der Waals surface area contributed by atoms with Crippen LogP contribution in [0.2, 0.25) is 0 Å². The largest absolute Gasteiger partial charge is 0.493 e. The third-order valence-electron chi connectivity index (χ3n) is 5.12. The number of carbonyl (C=O) groups is 1. The average molecular weight is 523 g/mol. The van der Waals surface area contributed by atoms with Crippen LogP contribution in [0.15, 0.2) is 52.5 Å². The topological polar surface area (TPSA) is 86.6 Å². The van der Waals surface area contributed by atoms with Gasteiger partial charge in [0.25, 0.3) is 5.56 Å². The number of ether oxygens (including phenoxy) is 2. The smallest absolute Gasteiger partial charge is 0.433 e. The predicted octanol–water partition coefficient (Wildman–Crippen LogP) is 3.96. The van der Waals surface area contributed by atoms with Crippen LogP contribution in [0.4, 0.5) is 13.2 Å². The monoisotopic (exact) mass is 522 g/mol. The van der Waals surface area contributed by atoms with Gasteiger partial charge in [0.05, 0.1) is 26.5 Å². The van der Waals surface area contributed by atoms with Gasteiger partial charge in [-0.2, -0.15) is 13.2 Å². The molecule has 0 radical (unpaired) electrons. The van der Waals surface area contributed by atoms with Gasteiger partial charge in [-0.1, -0.05) is 17.8 Å². The number of carbonyl (C=O) groups excluding carboxylic acids is 1. The van der Waals surface area contributed by atoms with E-state index in [-0.39, 0.29) is 41.0 Å². The van der Waals surface area contributed by atoms with Gasteiger partial charge in [0.15, 0.2) is 16.7 Å². The van der Waals surface area contributed by atoms with Crippen LogP contribution in [-0.4, -0.2) is 59.4 Å². The maximum atomic E-state index is 13.5. The van der Waals surface area contributed by atoms with Crippen LogP contribution in [0.25, 0.3) is 11.3 Å². The lowest BCUT2D eigenvalue weighted by Gasteiger charge is -2.13. The molecule has 1 aromatic carbocycles. The second kappa shape index (κ2) is 11.5. The van der Waals surface area contributed by atoms with E-state index in [2.05, 4.69) is 9.97 Å². The lowest BCUT2D eigenvalue weighted by molar-refractivity contribution is -0.141. The number of alkyl halides is 3. The average Bonchev–Trinajstić information content (AvgIpc) is 2.84. The normalized spacial score (nSPS) is 11.3. The molecule has 2 heterocycles. The van der Waals surface area contributed by atoms with Gasteiger partial charge in [-0.05, 0) is 29.8 Å². The maximum absolute atomic E-state index is 13.5. The van der Waals surface area contributed by atoms with E-state index in [1.165, 1.54) is 42.0 Å². The number of halogens is 3. The Morgan fingerprint density at radius 2 is 1.78 bits per heavy atom. The Morgan fingerprint density at radius 1 is 1.06 bits per heavy atom. The Balaban J connectivity index is 1.94. The van der Waals surface area contributed by atoms with Crippen molar-refractivity contribution in [1.82, 2.24) is 19.4 Å². The zero-order chi connectivity index (χ0) is 26.5. The van der Waals surface area contributed by atoms with E-state index in [1.54, 1.807) is 32.3 Å². The number of thioether (sulfide) groups is 1. The summed E-state index contributed by atoms with van der Waals surface area (Å²) in [5.41, 5.74) is -0.386. The second-order valence-corrected chi connectivity index (χ2v) is 8.94. The predicted molar refractivity (Wildman–Crippen MR) is 129 cm³/mol. The highest BCUT2D eigenvalue weighted by Crippen LogP contribution is 2.32. The molecule has 1 amide bonds. The first-order valence-corrected chi connectivity index (χ1v) is 11.7. The molecular formula is C24H25F3N4O4S. The summed E-state index contributed by atoms with van der Waals surface area (Å²) < 4.78 is 52.5. The van der Waals surface area contributed by atoms with Crippen molar-refractivity contribution >= 4 is 17.7 Å². The van der Waals surface area contributed by atoms with Crippen molar-refractivity contribution < 1.29 is 27.4 Å². The van der Waals surface area contributed by atoms with Gasteiger partial charge in [-0.25, -0.2) is 9.97 Å². The van der Waals surface area contributed by atoms with Crippen molar-refractivity contribution in [2.75, 3.05) is 34.1 Å². The van der Waals surface area contributed by atoms with Gasteiger partial charge < -0.3 is 18.9 Å². The molecule has 0 N–H and O–H groups in total. The molecule has 0 spiro atoms. The molecule has 192 valence electrons. The third-order valence-corrected chi connectivity index (χ3v) is 5.97. The highest BCUT2D eigenvalue weighted by Gasteiger charge is 2.34. The fraction of sp³-hybridized carbons (Fsp3) is 0.333. The molecule has 3 rings (SSSR count). The molecule has 0 aliphatic heterocycles. The minimum absolute atomic E-state index is 0.0137. The number of amides is 1. The van der Waals surface area contributed by atoms with Gasteiger partial charge in [0, 0.05) is 44.1 Å². The molecule has 0 bridgehead atoms. The Kier molecular flexibility index (Phi) is 8.62. The first-order chi connectivity index (χ1) is 17.0. The highest BCUT2D eigenvalue weighted by atomic mass is 32.2. The van der Waals surface area contributed by atoms with Crippen molar-refractivity contribution in [2.24, 2.45) is 0 Å². The van der Waals surface area contributed by atoms with E-state index in [1.807, 2.05) is 0 Å². The van der Waals surface area contributed by atoms with Crippen molar-refractivity contribution in [3.8, 4) is 22.8 Å². The van der Waals surface area contributed by atoms with Crippen LogP contribution >= 0.6 is 11.8 Å². The van der Waals surface area contributed by atoms with Crippen LogP contribution in [0, 0.1) is 0 Å². The third kappa shape index (κ3) is 6.78. The molecule has 0 aliphatic carbocycles. The Bertz CT molecular complexity index is 1300. The van der Waals surface area contributed by atoms with Gasteiger partial charge in [0.1, 0.15) is 5.69 Å². The number of methoxy groups -OCH3 is 2.